The smallest absolute Gasteiger partial charge is 0.225 e. The van der Waals surface area contributed by atoms with E-state index in [1.54, 1.807) is 0 Å². The highest BCUT2D eigenvalue weighted by atomic mass is 16.5. The first-order chi connectivity index (χ1) is 9.36. The Morgan fingerprint density at radius 2 is 2.25 bits per heavy atom. The van der Waals surface area contributed by atoms with E-state index in [0.29, 0.717) is 32.6 Å². The van der Waals surface area contributed by atoms with Gasteiger partial charge in [0.25, 0.3) is 0 Å². The highest BCUT2D eigenvalue weighted by Crippen LogP contribution is 2.21. The summed E-state index contributed by atoms with van der Waals surface area (Å²) in [6.45, 7) is 8.70. The largest absolute Gasteiger partial charge is 0.378 e. The average molecular weight is 283 g/mol. The summed E-state index contributed by atoms with van der Waals surface area (Å²) in [5.41, 5.74) is -0.185. The second kappa shape index (κ2) is 6.10. The summed E-state index contributed by atoms with van der Waals surface area (Å²) >= 11 is 0. The van der Waals surface area contributed by atoms with Gasteiger partial charge in [-0.2, -0.15) is 0 Å². The van der Waals surface area contributed by atoms with Crippen molar-refractivity contribution in [3.05, 3.63) is 0 Å². The molecule has 2 rings (SSSR count). The van der Waals surface area contributed by atoms with Crippen LogP contribution < -0.4 is 10.6 Å². The fourth-order valence-electron chi connectivity index (χ4n) is 2.71. The van der Waals surface area contributed by atoms with Crippen molar-refractivity contribution in [3.8, 4) is 0 Å². The predicted octanol–water partition coefficient (Wildman–Crippen LogP) is -0.119. The van der Waals surface area contributed by atoms with Gasteiger partial charge in [0, 0.05) is 37.5 Å². The van der Waals surface area contributed by atoms with Crippen LogP contribution >= 0.6 is 0 Å². The minimum absolute atomic E-state index is 0.0124. The summed E-state index contributed by atoms with van der Waals surface area (Å²) in [6, 6.07) is 0.0123. The van der Waals surface area contributed by atoms with Crippen LogP contribution in [0.5, 0.6) is 0 Å². The summed E-state index contributed by atoms with van der Waals surface area (Å²) in [5.74, 6) is 0.100. The Balaban J connectivity index is 1.79. The molecule has 2 saturated heterocycles. The molecule has 2 aliphatic rings. The lowest BCUT2D eigenvalue weighted by atomic mass is 10.1. The van der Waals surface area contributed by atoms with Crippen molar-refractivity contribution < 1.29 is 14.3 Å². The number of ether oxygens (including phenoxy) is 1. The van der Waals surface area contributed by atoms with Gasteiger partial charge in [-0.1, -0.05) is 0 Å². The molecule has 2 aliphatic heterocycles. The van der Waals surface area contributed by atoms with Crippen molar-refractivity contribution in [2.24, 2.45) is 0 Å². The summed E-state index contributed by atoms with van der Waals surface area (Å²) in [5, 5.41) is 6.22. The molecule has 0 saturated carbocycles. The van der Waals surface area contributed by atoms with Gasteiger partial charge in [0.15, 0.2) is 0 Å². The van der Waals surface area contributed by atoms with Crippen molar-refractivity contribution in [1.82, 2.24) is 15.5 Å². The molecular weight excluding hydrogens is 258 g/mol. The van der Waals surface area contributed by atoms with E-state index in [0.717, 1.165) is 6.54 Å². The third-order valence-corrected chi connectivity index (χ3v) is 3.73. The molecule has 6 nitrogen and oxygen atoms in total. The first kappa shape index (κ1) is 15.3. The van der Waals surface area contributed by atoms with Crippen LogP contribution in [0.2, 0.25) is 0 Å². The Morgan fingerprint density at radius 1 is 1.50 bits per heavy atom. The van der Waals surface area contributed by atoms with E-state index in [9.17, 15) is 9.59 Å². The molecule has 2 atom stereocenters. The maximum Gasteiger partial charge on any atom is 0.225 e. The van der Waals surface area contributed by atoms with E-state index in [1.807, 2.05) is 25.7 Å². The fourth-order valence-corrected chi connectivity index (χ4v) is 2.71. The molecule has 2 N–H and O–H groups in total. The Labute approximate surface area is 120 Å². The molecular formula is C14H25N3O3. The summed E-state index contributed by atoms with van der Waals surface area (Å²) in [6.07, 6.45) is 0.803. The molecule has 0 aromatic carbocycles. The van der Waals surface area contributed by atoms with Gasteiger partial charge in [0.05, 0.1) is 19.3 Å². The van der Waals surface area contributed by atoms with Crippen molar-refractivity contribution in [2.75, 3.05) is 26.3 Å². The topological polar surface area (TPSA) is 70.7 Å². The normalized spacial score (nSPS) is 27.8. The highest BCUT2D eigenvalue weighted by Gasteiger charge is 2.36. The zero-order valence-electron chi connectivity index (χ0n) is 12.6. The Kier molecular flexibility index (Phi) is 4.65. The molecule has 0 aromatic rings. The van der Waals surface area contributed by atoms with Crippen LogP contribution in [0.1, 0.15) is 33.6 Å². The molecule has 6 heteroatoms. The molecule has 0 spiro atoms. The molecule has 2 fully saturated rings. The molecule has 0 radical (unpaired) electrons. The number of nitrogens with zero attached hydrogens (tertiary/aromatic N) is 1. The molecule has 0 bridgehead atoms. The van der Waals surface area contributed by atoms with Crippen molar-refractivity contribution >= 4 is 11.8 Å². The van der Waals surface area contributed by atoms with Crippen LogP contribution in [0, 0.1) is 0 Å². The molecule has 2 unspecified atom stereocenters. The van der Waals surface area contributed by atoms with Gasteiger partial charge < -0.3 is 20.3 Å². The van der Waals surface area contributed by atoms with E-state index < -0.39 is 0 Å². The monoisotopic (exact) mass is 283 g/mol. The summed E-state index contributed by atoms with van der Waals surface area (Å²) in [4.78, 5) is 25.8. The van der Waals surface area contributed by atoms with E-state index in [1.165, 1.54) is 0 Å². The number of amides is 2. The zero-order chi connectivity index (χ0) is 14.8. The standard InChI is InChI=1S/C14H25N3O3/c1-14(2,3)17-8-10(7-13(17)19)16-12(18)6-11-9-20-5-4-15-11/h10-11,15H,4-9H2,1-3H3,(H,16,18). The first-order valence-electron chi connectivity index (χ1n) is 7.27. The number of likely N-dealkylation sites (tertiary alicyclic amines) is 1. The Hall–Kier alpha value is -1.14. The van der Waals surface area contributed by atoms with E-state index in [-0.39, 0.29) is 29.4 Å². The van der Waals surface area contributed by atoms with Gasteiger partial charge in [-0.25, -0.2) is 0 Å². The minimum atomic E-state index is -0.185. The quantitative estimate of drug-likeness (QED) is 0.757. The lowest BCUT2D eigenvalue weighted by molar-refractivity contribution is -0.131. The van der Waals surface area contributed by atoms with Crippen molar-refractivity contribution in [1.29, 1.82) is 0 Å². The summed E-state index contributed by atoms with van der Waals surface area (Å²) in [7, 11) is 0. The number of hydrogen-bond donors (Lipinski definition) is 2. The number of carbonyl (C=O) groups is 2. The Morgan fingerprint density at radius 3 is 2.80 bits per heavy atom. The van der Waals surface area contributed by atoms with Gasteiger partial charge in [-0.3, -0.25) is 9.59 Å². The van der Waals surface area contributed by atoms with Crippen molar-refractivity contribution in [3.63, 3.8) is 0 Å². The number of morpholine rings is 1. The van der Waals surface area contributed by atoms with E-state index in [2.05, 4.69) is 10.6 Å². The summed E-state index contributed by atoms with van der Waals surface area (Å²) < 4.78 is 5.33. The number of hydrogen-bond acceptors (Lipinski definition) is 4. The third kappa shape index (κ3) is 3.93. The third-order valence-electron chi connectivity index (χ3n) is 3.73. The number of nitrogens with one attached hydrogen (secondary N) is 2. The van der Waals surface area contributed by atoms with Gasteiger partial charge >= 0.3 is 0 Å². The number of rotatable bonds is 3. The fraction of sp³-hybridized carbons (Fsp3) is 0.857. The maximum atomic E-state index is 12.0. The second-order valence-electron chi connectivity index (χ2n) is 6.57. The van der Waals surface area contributed by atoms with Gasteiger partial charge in [-0.05, 0) is 20.8 Å². The first-order valence-corrected chi connectivity index (χ1v) is 7.27. The van der Waals surface area contributed by atoms with Crippen LogP contribution in [-0.2, 0) is 14.3 Å². The van der Waals surface area contributed by atoms with Gasteiger partial charge in [0.2, 0.25) is 11.8 Å². The lowest BCUT2D eigenvalue weighted by Crippen LogP contribution is -2.47. The average Bonchev–Trinajstić information content (AvgIpc) is 2.71. The zero-order valence-corrected chi connectivity index (χ0v) is 12.6. The molecule has 2 heterocycles. The van der Waals surface area contributed by atoms with Gasteiger partial charge in [0.1, 0.15) is 0 Å². The van der Waals surface area contributed by atoms with Crippen LogP contribution in [0.4, 0.5) is 0 Å². The predicted molar refractivity (Wildman–Crippen MR) is 75.2 cm³/mol. The molecule has 2 amide bonds. The highest BCUT2D eigenvalue weighted by molar-refractivity contribution is 5.82. The van der Waals surface area contributed by atoms with E-state index in [4.69, 9.17) is 4.74 Å². The van der Waals surface area contributed by atoms with Crippen molar-refractivity contribution in [2.45, 2.75) is 51.2 Å². The number of carbonyl (C=O) groups excluding carboxylic acids is 2. The lowest BCUT2D eigenvalue weighted by Gasteiger charge is -2.32. The minimum Gasteiger partial charge on any atom is -0.378 e. The SMILES string of the molecule is CC(C)(C)N1CC(NC(=O)CC2COCCN2)CC1=O. The van der Waals surface area contributed by atoms with Crippen LogP contribution in [0.15, 0.2) is 0 Å². The van der Waals surface area contributed by atoms with Gasteiger partial charge in [-0.15, -0.1) is 0 Å². The maximum absolute atomic E-state index is 12.0. The van der Waals surface area contributed by atoms with Crippen LogP contribution in [0.3, 0.4) is 0 Å². The molecule has 20 heavy (non-hydrogen) atoms. The van der Waals surface area contributed by atoms with Crippen LogP contribution in [-0.4, -0.2) is 60.6 Å². The molecule has 114 valence electrons. The Bertz CT molecular complexity index is 372. The molecule has 0 aromatic heterocycles. The second-order valence-corrected chi connectivity index (χ2v) is 6.57. The molecule has 0 aliphatic carbocycles. The van der Waals surface area contributed by atoms with Crippen LogP contribution in [0.25, 0.3) is 0 Å². The van der Waals surface area contributed by atoms with E-state index >= 15 is 0 Å².